The zero-order chi connectivity index (χ0) is 31.6. The molecule has 1 aromatic heterocycles. The minimum absolute atomic E-state index is 0.00502. The zero-order valence-corrected chi connectivity index (χ0v) is 26.5. The van der Waals surface area contributed by atoms with Crippen LogP contribution >= 0.6 is 0 Å². The number of ether oxygens (including phenoxy) is 2. The molecular formula is C34H42FN5O4. The lowest BCUT2D eigenvalue weighted by Gasteiger charge is -2.44. The predicted molar refractivity (Wildman–Crippen MR) is 167 cm³/mol. The molecule has 6 rings (SSSR count). The highest BCUT2D eigenvalue weighted by atomic mass is 19.1. The van der Waals surface area contributed by atoms with E-state index in [0.29, 0.717) is 61.7 Å². The van der Waals surface area contributed by atoms with Crippen LogP contribution in [0.2, 0.25) is 0 Å². The van der Waals surface area contributed by atoms with Gasteiger partial charge in [0, 0.05) is 31.4 Å². The Kier molecular flexibility index (Phi) is 8.99. The van der Waals surface area contributed by atoms with Crippen molar-refractivity contribution in [3.8, 4) is 17.2 Å². The Morgan fingerprint density at radius 2 is 1.77 bits per heavy atom. The Balaban J connectivity index is 0.00000188. The molecule has 3 aromatic rings. The van der Waals surface area contributed by atoms with Gasteiger partial charge in [-0.3, -0.25) is 9.69 Å². The third kappa shape index (κ3) is 5.20. The van der Waals surface area contributed by atoms with Gasteiger partial charge in [0.05, 0.1) is 49.4 Å². The van der Waals surface area contributed by atoms with Gasteiger partial charge in [-0.2, -0.15) is 5.10 Å². The second-order valence-corrected chi connectivity index (χ2v) is 11.1. The van der Waals surface area contributed by atoms with Gasteiger partial charge in [-0.15, -0.1) is 0 Å². The van der Waals surface area contributed by atoms with Crippen LogP contribution in [0, 0.1) is 12.7 Å². The number of fused-ring (bicyclic) bond motifs is 3. The number of aromatic nitrogens is 2. The van der Waals surface area contributed by atoms with E-state index in [0.717, 1.165) is 35.4 Å². The Labute approximate surface area is 258 Å². The second kappa shape index (κ2) is 12.7. The van der Waals surface area contributed by atoms with Crippen LogP contribution in [-0.2, 0) is 13.0 Å². The third-order valence-corrected chi connectivity index (χ3v) is 9.04. The maximum Gasteiger partial charge on any atom is 0.325 e. The van der Waals surface area contributed by atoms with Crippen LogP contribution in [0.25, 0.3) is 5.69 Å². The molecule has 0 bridgehead atoms. The minimum atomic E-state index is -0.462. The molecule has 9 nitrogen and oxygen atoms in total. The Bertz CT molecular complexity index is 1560. The predicted octanol–water partition coefficient (Wildman–Crippen LogP) is 6.13. The summed E-state index contributed by atoms with van der Waals surface area (Å²) >= 11 is 0. The topological polar surface area (TPSA) is 80.1 Å². The molecule has 0 aliphatic carbocycles. The number of amides is 3. The molecule has 2 saturated heterocycles. The van der Waals surface area contributed by atoms with Crippen molar-refractivity contribution in [2.75, 3.05) is 33.9 Å². The van der Waals surface area contributed by atoms with Gasteiger partial charge >= 0.3 is 6.03 Å². The average molecular weight is 604 g/mol. The summed E-state index contributed by atoms with van der Waals surface area (Å²) in [4.78, 5) is 33.3. The summed E-state index contributed by atoms with van der Waals surface area (Å²) in [5.74, 6) is 1.07. The van der Waals surface area contributed by atoms with E-state index >= 15 is 0 Å². The van der Waals surface area contributed by atoms with Crippen molar-refractivity contribution in [1.29, 1.82) is 0 Å². The molecule has 0 radical (unpaired) electrons. The molecule has 0 N–H and O–H groups in total. The fourth-order valence-electron chi connectivity index (χ4n) is 6.87. The molecule has 10 heteroatoms. The van der Waals surface area contributed by atoms with Gasteiger partial charge < -0.3 is 19.3 Å². The van der Waals surface area contributed by atoms with E-state index in [-0.39, 0.29) is 17.8 Å². The summed E-state index contributed by atoms with van der Waals surface area (Å²) in [6.07, 6.45) is 6.69. The first-order valence-corrected chi connectivity index (χ1v) is 15.4. The summed E-state index contributed by atoms with van der Waals surface area (Å²) in [6, 6.07) is 9.94. The number of hydrogen-bond acceptors (Lipinski definition) is 5. The number of likely N-dealkylation sites (tertiary alicyclic amines) is 1. The molecule has 3 aliphatic rings. The van der Waals surface area contributed by atoms with Crippen LogP contribution in [-0.4, -0.2) is 75.8 Å². The Hall–Kier alpha value is -4.34. The maximum absolute atomic E-state index is 13.9. The molecular weight excluding hydrogens is 561 g/mol. The Morgan fingerprint density at radius 3 is 2.41 bits per heavy atom. The molecule has 0 unspecified atom stereocenters. The van der Waals surface area contributed by atoms with Crippen LogP contribution in [0.15, 0.2) is 54.4 Å². The van der Waals surface area contributed by atoms with E-state index in [1.54, 1.807) is 37.2 Å². The van der Waals surface area contributed by atoms with Gasteiger partial charge in [0.15, 0.2) is 0 Å². The molecule has 44 heavy (non-hydrogen) atoms. The number of rotatable bonds is 5. The lowest BCUT2D eigenvalue weighted by molar-refractivity contribution is 0.0575. The van der Waals surface area contributed by atoms with Crippen molar-refractivity contribution in [3.05, 3.63) is 82.6 Å². The summed E-state index contributed by atoms with van der Waals surface area (Å²) < 4.78 is 26.3. The summed E-state index contributed by atoms with van der Waals surface area (Å²) in [5.41, 5.74) is 4.63. The highest BCUT2D eigenvalue weighted by Gasteiger charge is 2.54. The van der Waals surface area contributed by atoms with Crippen LogP contribution in [0.1, 0.15) is 67.2 Å². The molecule has 4 heterocycles. The first-order valence-electron chi connectivity index (χ1n) is 15.4. The molecule has 234 valence electrons. The van der Waals surface area contributed by atoms with E-state index in [1.165, 1.54) is 12.1 Å². The number of carbonyl (C=O) groups excluding carboxylic acids is 2. The molecule has 1 spiro atoms. The quantitative estimate of drug-likeness (QED) is 0.351. The first kappa shape index (κ1) is 31.1. The number of piperidine rings is 1. The van der Waals surface area contributed by atoms with Gasteiger partial charge in [-0.1, -0.05) is 19.9 Å². The number of nitrogens with zero attached hydrogens (tertiary/aromatic N) is 5. The van der Waals surface area contributed by atoms with E-state index < -0.39 is 5.54 Å². The highest BCUT2D eigenvalue weighted by molar-refractivity contribution is 5.95. The molecule has 0 atom stereocenters. The lowest BCUT2D eigenvalue weighted by Crippen LogP contribution is -2.54. The zero-order valence-electron chi connectivity index (χ0n) is 26.5. The van der Waals surface area contributed by atoms with Gasteiger partial charge in [-0.25, -0.2) is 13.9 Å². The van der Waals surface area contributed by atoms with E-state index in [2.05, 4.69) is 11.2 Å². The summed E-state index contributed by atoms with van der Waals surface area (Å²) in [6.45, 7) is 9.93. The number of carbonyl (C=O) groups is 2. The first-order chi connectivity index (χ1) is 21.3. The van der Waals surface area contributed by atoms with Gasteiger partial charge in [0.1, 0.15) is 17.3 Å². The Morgan fingerprint density at radius 1 is 1.07 bits per heavy atom. The van der Waals surface area contributed by atoms with Crippen molar-refractivity contribution in [2.24, 2.45) is 0 Å². The fraction of sp³-hybridized carbons (Fsp3) is 0.441. The largest absolute Gasteiger partial charge is 0.497 e. The minimum Gasteiger partial charge on any atom is -0.497 e. The van der Waals surface area contributed by atoms with Crippen molar-refractivity contribution >= 4 is 11.9 Å². The molecule has 3 amide bonds. The van der Waals surface area contributed by atoms with E-state index in [4.69, 9.17) is 9.47 Å². The third-order valence-electron chi connectivity index (χ3n) is 9.04. The molecule has 3 aliphatic heterocycles. The summed E-state index contributed by atoms with van der Waals surface area (Å²) in [5, 5.41) is 4.41. The molecule has 2 fully saturated rings. The standard InChI is InChI=1S/C32H36FN5O4.C2H6/c1-5-37-31(40)36-20-22-17-25(41-3)18-28(42-4)26(22)7-6-8-29(36)32(37)13-15-35(16-14-32)30(39)27-19-34-38(21(27)2)24-11-9-23(33)10-12-24;1-2/h8-12,17-19H,5-7,13-16,20H2,1-4H3;1-2H3/b29-8-;. The van der Waals surface area contributed by atoms with Crippen LogP contribution in [0.5, 0.6) is 11.5 Å². The monoisotopic (exact) mass is 603 g/mol. The maximum atomic E-state index is 13.9. The highest BCUT2D eigenvalue weighted by Crippen LogP contribution is 2.46. The second-order valence-electron chi connectivity index (χ2n) is 11.1. The number of allylic oxidation sites excluding steroid dienone is 1. The number of likely N-dealkylation sites (N-methyl/N-ethyl adjacent to an activating group) is 1. The number of benzene rings is 2. The summed E-state index contributed by atoms with van der Waals surface area (Å²) in [7, 11) is 3.29. The molecule has 0 saturated carbocycles. The number of methoxy groups -OCH3 is 2. The van der Waals surface area contributed by atoms with E-state index in [1.807, 2.05) is 54.5 Å². The van der Waals surface area contributed by atoms with Crippen molar-refractivity contribution in [1.82, 2.24) is 24.5 Å². The van der Waals surface area contributed by atoms with Gasteiger partial charge in [0.2, 0.25) is 0 Å². The smallest absolute Gasteiger partial charge is 0.325 e. The SMILES string of the molecule is CC.CCN1C(=O)N2Cc3cc(OC)cc(OC)c3CC/C=C\2C12CCN(C(=O)c1cnn(-c3ccc(F)cc3)c1C)CC2. The normalized spacial score (nSPS) is 18.4. The van der Waals surface area contributed by atoms with E-state index in [9.17, 15) is 14.0 Å². The van der Waals surface area contributed by atoms with Gasteiger partial charge in [-0.05, 0) is 81.0 Å². The van der Waals surface area contributed by atoms with Crippen LogP contribution < -0.4 is 9.47 Å². The van der Waals surface area contributed by atoms with Crippen molar-refractivity contribution < 1.29 is 23.5 Å². The lowest BCUT2D eigenvalue weighted by atomic mass is 9.82. The van der Waals surface area contributed by atoms with Crippen molar-refractivity contribution in [2.45, 2.75) is 65.5 Å². The van der Waals surface area contributed by atoms with Crippen LogP contribution in [0.3, 0.4) is 0 Å². The van der Waals surface area contributed by atoms with Crippen molar-refractivity contribution in [3.63, 3.8) is 0 Å². The fourth-order valence-corrected chi connectivity index (χ4v) is 6.87. The number of hydrogen-bond donors (Lipinski definition) is 0. The average Bonchev–Trinajstić information content (AvgIpc) is 3.51. The molecule has 2 aromatic carbocycles. The van der Waals surface area contributed by atoms with Crippen LogP contribution in [0.4, 0.5) is 9.18 Å². The number of urea groups is 1. The van der Waals surface area contributed by atoms with Gasteiger partial charge in [0.25, 0.3) is 5.91 Å². The number of halogens is 1.